The molecule has 1 amide bonds. The number of hydrogen-bond acceptors (Lipinski definition) is 5. The van der Waals surface area contributed by atoms with Gasteiger partial charge in [-0.25, -0.2) is 5.48 Å². The van der Waals surface area contributed by atoms with Gasteiger partial charge in [0.25, 0.3) is 5.91 Å². The van der Waals surface area contributed by atoms with Crippen molar-refractivity contribution in [2.45, 2.75) is 32.2 Å². The Labute approximate surface area is 140 Å². The van der Waals surface area contributed by atoms with Crippen LogP contribution >= 0.6 is 0 Å². The van der Waals surface area contributed by atoms with Crippen LogP contribution in [-0.4, -0.2) is 27.9 Å². The fourth-order valence-corrected chi connectivity index (χ4v) is 2.30. The first-order chi connectivity index (χ1) is 11.5. The summed E-state index contributed by atoms with van der Waals surface area (Å²) in [6, 6.07) is 9.97. The molecule has 2 aromatic rings. The largest absolute Gasteiger partial charge is 0.321 e. The van der Waals surface area contributed by atoms with E-state index in [1.54, 1.807) is 35.9 Å². The van der Waals surface area contributed by atoms with E-state index in [0.717, 1.165) is 16.8 Å². The molecule has 6 heteroatoms. The Morgan fingerprint density at radius 1 is 1.21 bits per heavy atom. The summed E-state index contributed by atoms with van der Waals surface area (Å²) in [6.07, 6.45) is 3.07. The van der Waals surface area contributed by atoms with E-state index in [-0.39, 0.29) is 5.78 Å². The molecule has 4 N–H and O–H groups in total. The molecule has 24 heavy (non-hydrogen) atoms. The van der Waals surface area contributed by atoms with E-state index >= 15 is 0 Å². The molecule has 0 saturated carbocycles. The van der Waals surface area contributed by atoms with E-state index < -0.39 is 11.9 Å². The SMILES string of the molecule is Cc1ccc(CC(N)C(=O)CCc2ccc(C(=O)NO)cc2)nc1. The smallest absolute Gasteiger partial charge is 0.274 e. The van der Waals surface area contributed by atoms with Crippen molar-refractivity contribution < 1.29 is 14.8 Å². The predicted octanol–water partition coefficient (Wildman–Crippen LogP) is 1.58. The van der Waals surface area contributed by atoms with Crippen LogP contribution < -0.4 is 11.2 Å². The van der Waals surface area contributed by atoms with Crippen molar-refractivity contribution in [3.05, 3.63) is 65.0 Å². The zero-order valence-electron chi connectivity index (χ0n) is 13.5. The number of nitrogens with two attached hydrogens (primary N) is 1. The number of carbonyl (C=O) groups excluding carboxylic acids is 2. The van der Waals surface area contributed by atoms with Gasteiger partial charge in [-0.15, -0.1) is 0 Å². The van der Waals surface area contributed by atoms with E-state index in [1.165, 1.54) is 0 Å². The lowest BCUT2D eigenvalue weighted by Crippen LogP contribution is -2.33. The van der Waals surface area contributed by atoms with Gasteiger partial charge < -0.3 is 5.73 Å². The van der Waals surface area contributed by atoms with Crippen LogP contribution in [0.5, 0.6) is 0 Å². The molecule has 2 rings (SSSR count). The summed E-state index contributed by atoms with van der Waals surface area (Å²) in [7, 11) is 0. The van der Waals surface area contributed by atoms with Gasteiger partial charge in [0, 0.05) is 30.3 Å². The Kier molecular flexibility index (Phi) is 6.17. The third-order valence-corrected chi connectivity index (χ3v) is 3.79. The first-order valence-corrected chi connectivity index (χ1v) is 7.73. The van der Waals surface area contributed by atoms with E-state index in [0.29, 0.717) is 24.8 Å². The first-order valence-electron chi connectivity index (χ1n) is 7.73. The van der Waals surface area contributed by atoms with Gasteiger partial charge in [0.15, 0.2) is 0 Å². The Morgan fingerprint density at radius 3 is 2.50 bits per heavy atom. The number of hydrogen-bond donors (Lipinski definition) is 3. The summed E-state index contributed by atoms with van der Waals surface area (Å²) in [5, 5.41) is 8.57. The molecule has 1 aromatic heterocycles. The third kappa shape index (κ3) is 4.97. The summed E-state index contributed by atoms with van der Waals surface area (Å²) >= 11 is 0. The number of Topliss-reactive ketones (excluding diaryl/α,β-unsaturated/α-hetero) is 1. The van der Waals surface area contributed by atoms with E-state index in [4.69, 9.17) is 10.9 Å². The first kappa shape index (κ1) is 17.8. The van der Waals surface area contributed by atoms with Crippen molar-refractivity contribution in [1.82, 2.24) is 10.5 Å². The van der Waals surface area contributed by atoms with Crippen molar-refractivity contribution in [1.29, 1.82) is 0 Å². The normalized spacial score (nSPS) is 11.8. The number of benzene rings is 1. The van der Waals surface area contributed by atoms with Gasteiger partial charge in [0.1, 0.15) is 5.78 Å². The molecule has 0 bridgehead atoms. The number of nitrogens with zero attached hydrogens (tertiary/aromatic N) is 1. The third-order valence-electron chi connectivity index (χ3n) is 3.79. The highest BCUT2D eigenvalue weighted by molar-refractivity contribution is 5.93. The monoisotopic (exact) mass is 327 g/mol. The maximum Gasteiger partial charge on any atom is 0.274 e. The van der Waals surface area contributed by atoms with Crippen LogP contribution in [0.15, 0.2) is 42.6 Å². The molecule has 1 heterocycles. The van der Waals surface area contributed by atoms with Gasteiger partial charge in [0.05, 0.1) is 6.04 Å². The van der Waals surface area contributed by atoms with Crippen LogP contribution in [-0.2, 0) is 17.6 Å². The Balaban J connectivity index is 1.85. The Hall–Kier alpha value is -2.57. The fraction of sp³-hybridized carbons (Fsp3) is 0.278. The zero-order chi connectivity index (χ0) is 17.5. The van der Waals surface area contributed by atoms with E-state index in [2.05, 4.69) is 4.98 Å². The predicted molar refractivity (Wildman–Crippen MR) is 89.7 cm³/mol. The fourth-order valence-electron chi connectivity index (χ4n) is 2.30. The van der Waals surface area contributed by atoms with Crippen LogP contribution in [0, 0.1) is 6.92 Å². The number of carbonyl (C=O) groups is 2. The maximum absolute atomic E-state index is 12.2. The molecule has 0 aliphatic rings. The average Bonchev–Trinajstić information content (AvgIpc) is 2.61. The second-order valence-electron chi connectivity index (χ2n) is 5.74. The van der Waals surface area contributed by atoms with Gasteiger partial charge >= 0.3 is 0 Å². The average molecular weight is 327 g/mol. The second-order valence-corrected chi connectivity index (χ2v) is 5.74. The summed E-state index contributed by atoms with van der Waals surface area (Å²) in [5.41, 5.74) is 10.7. The van der Waals surface area contributed by atoms with Crippen molar-refractivity contribution in [3.63, 3.8) is 0 Å². The van der Waals surface area contributed by atoms with Crippen LogP contribution in [0.4, 0.5) is 0 Å². The molecule has 0 spiro atoms. The number of rotatable bonds is 7. The van der Waals surface area contributed by atoms with Crippen molar-refractivity contribution in [2.75, 3.05) is 0 Å². The van der Waals surface area contributed by atoms with Gasteiger partial charge in [-0.05, 0) is 42.7 Å². The Bertz CT molecular complexity index is 696. The highest BCUT2D eigenvalue weighted by Gasteiger charge is 2.15. The summed E-state index contributed by atoms with van der Waals surface area (Å²) in [5.74, 6) is -0.584. The molecule has 0 aliphatic heterocycles. The molecule has 0 radical (unpaired) electrons. The number of amides is 1. The topological polar surface area (TPSA) is 105 Å². The van der Waals surface area contributed by atoms with Crippen molar-refractivity contribution in [3.8, 4) is 0 Å². The van der Waals surface area contributed by atoms with E-state index in [9.17, 15) is 9.59 Å². The van der Waals surface area contributed by atoms with Gasteiger partial charge in [-0.1, -0.05) is 18.2 Å². The van der Waals surface area contributed by atoms with Gasteiger partial charge in [-0.2, -0.15) is 0 Å². The standard InChI is InChI=1S/C18H21N3O3/c1-12-2-8-15(20-11-12)10-16(19)17(22)9-5-13-3-6-14(7-4-13)18(23)21-24/h2-4,6-8,11,16,24H,5,9-10,19H2,1H3,(H,21,23). The lowest BCUT2D eigenvalue weighted by atomic mass is 10.00. The van der Waals surface area contributed by atoms with Crippen LogP contribution in [0.1, 0.15) is 33.6 Å². The minimum Gasteiger partial charge on any atom is -0.321 e. The molecule has 1 aromatic carbocycles. The lowest BCUT2D eigenvalue weighted by molar-refractivity contribution is -0.120. The van der Waals surface area contributed by atoms with Crippen LogP contribution in [0.2, 0.25) is 0 Å². The number of aryl methyl sites for hydroxylation is 2. The van der Waals surface area contributed by atoms with E-state index in [1.807, 2.05) is 19.1 Å². The summed E-state index contributed by atoms with van der Waals surface area (Å²) < 4.78 is 0. The van der Waals surface area contributed by atoms with Gasteiger partial charge in [0.2, 0.25) is 0 Å². The van der Waals surface area contributed by atoms with Crippen LogP contribution in [0.3, 0.4) is 0 Å². The molecule has 0 fully saturated rings. The number of hydroxylamine groups is 1. The van der Waals surface area contributed by atoms with Gasteiger partial charge in [-0.3, -0.25) is 19.8 Å². The molecular weight excluding hydrogens is 306 g/mol. The molecule has 0 aliphatic carbocycles. The van der Waals surface area contributed by atoms with Crippen molar-refractivity contribution >= 4 is 11.7 Å². The number of pyridine rings is 1. The zero-order valence-corrected chi connectivity index (χ0v) is 13.5. The minimum absolute atomic E-state index is 0.0189. The maximum atomic E-state index is 12.2. The highest BCUT2D eigenvalue weighted by Crippen LogP contribution is 2.09. The molecule has 6 nitrogen and oxygen atoms in total. The molecule has 126 valence electrons. The molecule has 1 atom stereocenters. The second kappa shape index (κ2) is 8.33. The highest BCUT2D eigenvalue weighted by atomic mass is 16.5. The summed E-state index contributed by atoms with van der Waals surface area (Å²) in [6.45, 7) is 1.96. The Morgan fingerprint density at radius 2 is 1.92 bits per heavy atom. The molecule has 1 unspecified atom stereocenters. The minimum atomic E-state index is -0.570. The molecule has 0 saturated heterocycles. The quantitative estimate of drug-likeness (QED) is 0.529. The molecular formula is C18H21N3O3. The summed E-state index contributed by atoms with van der Waals surface area (Å²) in [4.78, 5) is 27.7. The number of aromatic nitrogens is 1. The lowest BCUT2D eigenvalue weighted by Gasteiger charge is -2.10. The number of ketones is 1. The van der Waals surface area contributed by atoms with Crippen LogP contribution in [0.25, 0.3) is 0 Å². The number of nitrogens with one attached hydrogen (secondary N) is 1. The van der Waals surface area contributed by atoms with Crippen molar-refractivity contribution in [2.24, 2.45) is 5.73 Å².